The minimum atomic E-state index is -4.62. The minimum absolute atomic E-state index is 0.0138. The Labute approximate surface area is 136 Å². The van der Waals surface area contributed by atoms with Gasteiger partial charge in [0.05, 0.1) is 6.54 Å². The van der Waals surface area contributed by atoms with Crippen molar-refractivity contribution >= 4 is 17.8 Å². The van der Waals surface area contributed by atoms with E-state index in [1.165, 1.54) is 24.3 Å². The second-order valence-electron chi connectivity index (χ2n) is 5.26. The van der Waals surface area contributed by atoms with Crippen LogP contribution in [-0.4, -0.2) is 42.0 Å². The Morgan fingerprint density at radius 1 is 1.25 bits per heavy atom. The van der Waals surface area contributed by atoms with Crippen molar-refractivity contribution in [3.05, 3.63) is 35.9 Å². The number of urea groups is 1. The highest BCUT2D eigenvalue weighted by Gasteiger charge is 2.41. The standard InChI is InChI=1S/C15H16F3N3O3/c16-15(17,18)13(10-5-2-1-3-6-10)20-11(22)7-4-8-21-12(23)9-19-14(21)24/h1-3,5-6,13H,4,7-9H2,(H,19,24)(H,20,22). The summed E-state index contributed by atoms with van der Waals surface area (Å²) in [6.45, 7) is -0.116. The lowest BCUT2D eigenvalue weighted by Crippen LogP contribution is -2.38. The molecule has 1 aromatic carbocycles. The van der Waals surface area contributed by atoms with Gasteiger partial charge in [-0.25, -0.2) is 4.79 Å². The summed E-state index contributed by atoms with van der Waals surface area (Å²) in [6.07, 6.45) is -4.76. The molecule has 4 amide bonds. The number of amides is 4. The van der Waals surface area contributed by atoms with Crippen LogP contribution in [0, 0.1) is 0 Å². The maximum atomic E-state index is 13.1. The van der Waals surface area contributed by atoms with E-state index in [0.29, 0.717) is 0 Å². The Morgan fingerprint density at radius 2 is 1.92 bits per heavy atom. The van der Waals surface area contributed by atoms with Crippen molar-refractivity contribution in [3.8, 4) is 0 Å². The molecule has 6 nitrogen and oxygen atoms in total. The Hall–Kier alpha value is -2.58. The summed E-state index contributed by atoms with van der Waals surface area (Å²) in [5.74, 6) is -1.22. The molecule has 0 saturated carbocycles. The number of hydrogen-bond donors (Lipinski definition) is 2. The van der Waals surface area contributed by atoms with Gasteiger partial charge in [0.25, 0.3) is 0 Å². The quantitative estimate of drug-likeness (QED) is 0.772. The molecule has 1 fully saturated rings. The van der Waals surface area contributed by atoms with E-state index in [4.69, 9.17) is 0 Å². The molecule has 1 atom stereocenters. The van der Waals surface area contributed by atoms with Crippen molar-refractivity contribution in [2.75, 3.05) is 13.1 Å². The van der Waals surface area contributed by atoms with Crippen molar-refractivity contribution in [1.82, 2.24) is 15.5 Å². The van der Waals surface area contributed by atoms with Gasteiger partial charge in [0.15, 0.2) is 6.04 Å². The van der Waals surface area contributed by atoms with Crippen molar-refractivity contribution < 1.29 is 27.6 Å². The molecule has 9 heteroatoms. The number of imide groups is 1. The van der Waals surface area contributed by atoms with Crippen LogP contribution in [0.1, 0.15) is 24.4 Å². The summed E-state index contributed by atoms with van der Waals surface area (Å²) in [6, 6.07) is 4.41. The highest BCUT2D eigenvalue weighted by molar-refractivity contribution is 6.01. The van der Waals surface area contributed by atoms with Crippen LogP contribution in [0.5, 0.6) is 0 Å². The average molecular weight is 343 g/mol. The summed E-state index contributed by atoms with van der Waals surface area (Å²) >= 11 is 0. The Morgan fingerprint density at radius 3 is 2.46 bits per heavy atom. The number of carbonyl (C=O) groups is 3. The molecule has 1 heterocycles. The third kappa shape index (κ3) is 4.46. The predicted octanol–water partition coefficient (Wildman–Crippen LogP) is 1.74. The number of alkyl halides is 3. The van der Waals surface area contributed by atoms with Gasteiger partial charge in [0.1, 0.15) is 0 Å². The maximum Gasteiger partial charge on any atom is 0.412 e. The molecule has 1 aromatic rings. The SMILES string of the molecule is O=C(CCCN1C(=O)CNC1=O)NC(c1ccccc1)C(F)(F)F. The first-order valence-electron chi connectivity index (χ1n) is 7.28. The Balaban J connectivity index is 1.89. The fourth-order valence-electron chi connectivity index (χ4n) is 2.31. The summed E-state index contributed by atoms with van der Waals surface area (Å²) in [7, 11) is 0. The largest absolute Gasteiger partial charge is 0.412 e. The fourth-order valence-corrected chi connectivity index (χ4v) is 2.31. The lowest BCUT2D eigenvalue weighted by atomic mass is 10.1. The molecule has 1 unspecified atom stereocenters. The van der Waals surface area contributed by atoms with Crippen molar-refractivity contribution in [2.24, 2.45) is 0 Å². The summed E-state index contributed by atoms with van der Waals surface area (Å²) in [5, 5.41) is 4.27. The normalized spacial score (nSPS) is 16.0. The third-order valence-corrected chi connectivity index (χ3v) is 3.49. The van der Waals surface area contributed by atoms with Gasteiger partial charge < -0.3 is 10.6 Å². The summed E-state index contributed by atoms with van der Waals surface area (Å²) in [5.41, 5.74) is -0.0625. The van der Waals surface area contributed by atoms with Crippen LogP contribution in [0.15, 0.2) is 30.3 Å². The zero-order valence-electron chi connectivity index (χ0n) is 12.6. The van der Waals surface area contributed by atoms with Crippen LogP contribution in [0.2, 0.25) is 0 Å². The first kappa shape index (κ1) is 17.8. The Kier molecular flexibility index (Phi) is 5.42. The second kappa shape index (κ2) is 7.33. The topological polar surface area (TPSA) is 78.5 Å². The van der Waals surface area contributed by atoms with E-state index >= 15 is 0 Å². The maximum absolute atomic E-state index is 13.1. The van der Waals surface area contributed by atoms with E-state index in [1.807, 2.05) is 5.32 Å². The fraction of sp³-hybridized carbons (Fsp3) is 0.400. The second-order valence-corrected chi connectivity index (χ2v) is 5.26. The van der Waals surface area contributed by atoms with Crippen LogP contribution in [-0.2, 0) is 9.59 Å². The van der Waals surface area contributed by atoms with Crippen LogP contribution in [0.25, 0.3) is 0 Å². The van der Waals surface area contributed by atoms with Gasteiger partial charge in [0, 0.05) is 13.0 Å². The van der Waals surface area contributed by atoms with Crippen LogP contribution in [0.4, 0.5) is 18.0 Å². The third-order valence-electron chi connectivity index (χ3n) is 3.49. The highest BCUT2D eigenvalue weighted by Crippen LogP contribution is 2.32. The van der Waals surface area contributed by atoms with E-state index < -0.39 is 30.1 Å². The average Bonchev–Trinajstić information content (AvgIpc) is 2.84. The van der Waals surface area contributed by atoms with Gasteiger partial charge >= 0.3 is 12.2 Å². The molecule has 0 bridgehead atoms. The van der Waals surface area contributed by atoms with E-state index in [-0.39, 0.29) is 31.5 Å². The highest BCUT2D eigenvalue weighted by atomic mass is 19.4. The Bertz CT molecular complexity index is 603. The van der Waals surface area contributed by atoms with E-state index in [9.17, 15) is 27.6 Å². The van der Waals surface area contributed by atoms with Crippen molar-refractivity contribution in [2.45, 2.75) is 25.1 Å². The molecule has 2 N–H and O–H groups in total. The van der Waals surface area contributed by atoms with E-state index in [2.05, 4.69) is 5.32 Å². The zero-order chi connectivity index (χ0) is 17.7. The smallest absolute Gasteiger partial charge is 0.341 e. The molecule has 0 spiro atoms. The molecular formula is C15H16F3N3O3. The van der Waals surface area contributed by atoms with Crippen LogP contribution >= 0.6 is 0 Å². The molecule has 0 aliphatic carbocycles. The van der Waals surface area contributed by atoms with Gasteiger partial charge in [-0.15, -0.1) is 0 Å². The molecule has 0 radical (unpaired) electrons. The number of hydrogen-bond acceptors (Lipinski definition) is 3. The van der Waals surface area contributed by atoms with Gasteiger partial charge in [-0.1, -0.05) is 30.3 Å². The first-order valence-corrected chi connectivity index (χ1v) is 7.28. The van der Waals surface area contributed by atoms with Crippen LogP contribution in [0.3, 0.4) is 0 Å². The lowest BCUT2D eigenvalue weighted by Gasteiger charge is -2.22. The lowest BCUT2D eigenvalue weighted by molar-refractivity contribution is -0.163. The molecule has 130 valence electrons. The number of rotatable bonds is 6. The molecule has 2 rings (SSSR count). The van der Waals surface area contributed by atoms with Gasteiger partial charge in [0.2, 0.25) is 11.8 Å². The molecule has 0 aromatic heterocycles. The number of carbonyl (C=O) groups excluding carboxylic acids is 3. The first-order chi connectivity index (χ1) is 11.3. The molecule has 24 heavy (non-hydrogen) atoms. The van der Waals surface area contributed by atoms with E-state index in [0.717, 1.165) is 4.90 Å². The van der Waals surface area contributed by atoms with Gasteiger partial charge in [-0.05, 0) is 12.0 Å². The van der Waals surface area contributed by atoms with Crippen molar-refractivity contribution in [1.29, 1.82) is 0 Å². The minimum Gasteiger partial charge on any atom is -0.341 e. The van der Waals surface area contributed by atoms with Gasteiger partial charge in [-0.3, -0.25) is 14.5 Å². The number of benzene rings is 1. The van der Waals surface area contributed by atoms with Crippen molar-refractivity contribution in [3.63, 3.8) is 0 Å². The molecule has 1 saturated heterocycles. The zero-order valence-corrected chi connectivity index (χ0v) is 12.6. The number of nitrogens with one attached hydrogen (secondary N) is 2. The molecule has 1 aliphatic heterocycles. The summed E-state index contributed by atoms with van der Waals surface area (Å²) < 4.78 is 39.3. The monoisotopic (exact) mass is 343 g/mol. The predicted molar refractivity (Wildman–Crippen MR) is 77.7 cm³/mol. The van der Waals surface area contributed by atoms with Gasteiger partial charge in [-0.2, -0.15) is 13.2 Å². The van der Waals surface area contributed by atoms with E-state index in [1.54, 1.807) is 6.07 Å². The number of nitrogens with zero attached hydrogens (tertiary/aromatic N) is 1. The number of halogens is 3. The summed E-state index contributed by atoms with van der Waals surface area (Å²) in [4.78, 5) is 35.4. The molecular weight excluding hydrogens is 327 g/mol. The molecule has 1 aliphatic rings. The van der Waals surface area contributed by atoms with Crippen LogP contribution < -0.4 is 10.6 Å².